The van der Waals surface area contributed by atoms with Crippen molar-refractivity contribution >= 4 is 17.7 Å². The first-order valence-electron chi connectivity index (χ1n) is 5.90. The quantitative estimate of drug-likeness (QED) is 0.800. The van der Waals surface area contributed by atoms with E-state index in [1.807, 2.05) is 26.0 Å². The second-order valence-electron chi connectivity index (χ2n) is 4.29. The Morgan fingerprint density at radius 1 is 1.37 bits per heavy atom. The third-order valence-electron chi connectivity index (χ3n) is 2.72. The van der Waals surface area contributed by atoms with Gasteiger partial charge in [-0.1, -0.05) is 12.1 Å². The number of carbonyl (C=O) groups excluding carboxylic acids is 1. The van der Waals surface area contributed by atoms with Gasteiger partial charge in [-0.05, 0) is 37.1 Å². The highest BCUT2D eigenvalue weighted by Crippen LogP contribution is 2.14. The zero-order chi connectivity index (χ0) is 14.4. The highest BCUT2D eigenvalue weighted by atomic mass is 16.4. The molecular formula is C14H18N2O3. The Bertz CT molecular complexity index is 497. The van der Waals surface area contributed by atoms with Crippen LogP contribution in [0.4, 0.5) is 10.5 Å². The molecule has 5 heteroatoms. The molecule has 0 aliphatic rings. The van der Waals surface area contributed by atoms with Gasteiger partial charge < -0.3 is 15.3 Å². The van der Waals surface area contributed by atoms with E-state index < -0.39 is 12.0 Å². The zero-order valence-electron chi connectivity index (χ0n) is 11.1. The van der Waals surface area contributed by atoms with Gasteiger partial charge in [0.25, 0.3) is 0 Å². The Kier molecular flexibility index (Phi) is 5.11. The van der Waals surface area contributed by atoms with Gasteiger partial charge in [0.05, 0.1) is 0 Å². The van der Waals surface area contributed by atoms with Crippen LogP contribution in [0.3, 0.4) is 0 Å². The van der Waals surface area contributed by atoms with Crippen LogP contribution in [0, 0.1) is 13.8 Å². The van der Waals surface area contributed by atoms with Gasteiger partial charge in [-0.3, -0.25) is 4.79 Å². The van der Waals surface area contributed by atoms with Crippen molar-refractivity contribution in [1.82, 2.24) is 4.90 Å². The molecule has 0 atom stereocenters. The summed E-state index contributed by atoms with van der Waals surface area (Å²) in [5, 5.41) is 11.4. The SMILES string of the molecule is C=CCN(CC(=O)O)C(=O)Nc1ccc(C)c(C)c1. The molecule has 1 aromatic rings. The summed E-state index contributed by atoms with van der Waals surface area (Å²) in [5.41, 5.74) is 2.84. The lowest BCUT2D eigenvalue weighted by Gasteiger charge is -2.19. The van der Waals surface area contributed by atoms with Crippen molar-refractivity contribution in [3.05, 3.63) is 42.0 Å². The summed E-state index contributed by atoms with van der Waals surface area (Å²) in [6, 6.07) is 5.08. The molecule has 0 aromatic heterocycles. The van der Waals surface area contributed by atoms with Crippen molar-refractivity contribution in [2.24, 2.45) is 0 Å². The molecule has 0 saturated heterocycles. The highest BCUT2D eigenvalue weighted by Gasteiger charge is 2.15. The summed E-state index contributed by atoms with van der Waals surface area (Å²) in [5.74, 6) is -1.06. The third-order valence-corrected chi connectivity index (χ3v) is 2.72. The lowest BCUT2D eigenvalue weighted by atomic mass is 10.1. The smallest absolute Gasteiger partial charge is 0.323 e. The maximum Gasteiger partial charge on any atom is 0.323 e. The van der Waals surface area contributed by atoms with Crippen LogP contribution < -0.4 is 5.32 Å². The van der Waals surface area contributed by atoms with Gasteiger partial charge in [-0.15, -0.1) is 6.58 Å². The Hall–Kier alpha value is -2.30. The van der Waals surface area contributed by atoms with E-state index in [9.17, 15) is 9.59 Å². The number of carboxylic acid groups (broad SMARTS) is 1. The van der Waals surface area contributed by atoms with Gasteiger partial charge in [-0.25, -0.2) is 4.79 Å². The first kappa shape index (κ1) is 14.8. The largest absolute Gasteiger partial charge is 0.480 e. The molecule has 0 aliphatic heterocycles. The molecule has 0 spiro atoms. The summed E-state index contributed by atoms with van der Waals surface area (Å²) in [7, 11) is 0. The topological polar surface area (TPSA) is 69.6 Å². The van der Waals surface area contributed by atoms with Gasteiger partial charge in [0.1, 0.15) is 6.54 Å². The van der Waals surface area contributed by atoms with Crippen LogP contribution in [0.15, 0.2) is 30.9 Å². The number of urea groups is 1. The van der Waals surface area contributed by atoms with Gasteiger partial charge in [0, 0.05) is 12.2 Å². The maximum absolute atomic E-state index is 11.9. The normalized spacial score (nSPS) is 9.79. The summed E-state index contributed by atoms with van der Waals surface area (Å²) in [6.07, 6.45) is 1.49. The van der Waals surface area contributed by atoms with Crippen molar-refractivity contribution < 1.29 is 14.7 Å². The highest BCUT2D eigenvalue weighted by molar-refractivity contribution is 5.91. The first-order valence-corrected chi connectivity index (χ1v) is 5.90. The maximum atomic E-state index is 11.9. The summed E-state index contributed by atoms with van der Waals surface area (Å²) >= 11 is 0. The Morgan fingerprint density at radius 2 is 2.05 bits per heavy atom. The van der Waals surface area contributed by atoms with Gasteiger partial charge in [-0.2, -0.15) is 0 Å². The van der Waals surface area contributed by atoms with Gasteiger partial charge >= 0.3 is 12.0 Å². The minimum Gasteiger partial charge on any atom is -0.480 e. The summed E-state index contributed by atoms with van der Waals surface area (Å²) in [4.78, 5) is 23.8. The molecule has 102 valence electrons. The van der Waals surface area contributed by atoms with Gasteiger partial charge in [0.15, 0.2) is 0 Å². The number of rotatable bonds is 5. The Balaban J connectivity index is 2.77. The van der Waals surface area contributed by atoms with Crippen LogP contribution >= 0.6 is 0 Å². The van der Waals surface area contributed by atoms with Crippen LogP contribution in [0.5, 0.6) is 0 Å². The third kappa shape index (κ3) is 4.46. The number of hydrogen-bond donors (Lipinski definition) is 2. The van der Waals surface area contributed by atoms with E-state index in [1.54, 1.807) is 6.07 Å². The number of nitrogens with zero attached hydrogens (tertiary/aromatic N) is 1. The number of aliphatic carboxylic acids is 1. The number of anilines is 1. The zero-order valence-corrected chi connectivity index (χ0v) is 11.1. The molecule has 0 unspecified atom stereocenters. The molecule has 0 radical (unpaired) electrons. The van der Waals surface area contributed by atoms with E-state index in [2.05, 4.69) is 11.9 Å². The predicted molar refractivity (Wildman–Crippen MR) is 74.3 cm³/mol. The standard InChI is InChI=1S/C14H18N2O3/c1-4-7-16(9-13(17)18)14(19)15-12-6-5-10(2)11(3)8-12/h4-6,8H,1,7,9H2,2-3H3,(H,15,19)(H,17,18). The van der Waals surface area contributed by atoms with Crippen LogP contribution in [-0.2, 0) is 4.79 Å². The first-order chi connectivity index (χ1) is 8.93. The molecule has 1 rings (SSSR count). The predicted octanol–water partition coefficient (Wildman–Crippen LogP) is 2.41. The molecule has 0 aliphatic carbocycles. The van der Waals surface area contributed by atoms with E-state index in [0.717, 1.165) is 11.1 Å². The average molecular weight is 262 g/mol. The second kappa shape index (κ2) is 6.58. The number of hydrogen-bond acceptors (Lipinski definition) is 2. The second-order valence-corrected chi connectivity index (χ2v) is 4.29. The molecule has 2 N–H and O–H groups in total. The fourth-order valence-corrected chi connectivity index (χ4v) is 1.56. The van der Waals surface area contributed by atoms with E-state index >= 15 is 0 Å². The van der Waals surface area contributed by atoms with E-state index in [1.165, 1.54) is 11.0 Å². The number of benzene rings is 1. The lowest BCUT2D eigenvalue weighted by molar-refractivity contribution is -0.137. The fourth-order valence-electron chi connectivity index (χ4n) is 1.56. The molecular weight excluding hydrogens is 244 g/mol. The van der Waals surface area contributed by atoms with Crippen molar-refractivity contribution in [3.63, 3.8) is 0 Å². The number of amides is 2. The van der Waals surface area contributed by atoms with Crippen LogP contribution in [-0.4, -0.2) is 35.1 Å². The molecule has 0 fully saturated rings. The van der Waals surface area contributed by atoms with Crippen molar-refractivity contribution in [1.29, 1.82) is 0 Å². The molecule has 19 heavy (non-hydrogen) atoms. The molecule has 5 nitrogen and oxygen atoms in total. The van der Waals surface area contributed by atoms with E-state index in [0.29, 0.717) is 5.69 Å². The lowest BCUT2D eigenvalue weighted by Crippen LogP contribution is -2.38. The number of carboxylic acids is 1. The van der Waals surface area contributed by atoms with Crippen LogP contribution in [0.1, 0.15) is 11.1 Å². The minimum atomic E-state index is -1.06. The number of aryl methyl sites for hydroxylation is 2. The van der Waals surface area contributed by atoms with Crippen molar-refractivity contribution in [3.8, 4) is 0 Å². The molecule has 2 amide bonds. The summed E-state index contributed by atoms with van der Waals surface area (Å²) < 4.78 is 0. The minimum absolute atomic E-state index is 0.184. The van der Waals surface area contributed by atoms with Crippen LogP contribution in [0.25, 0.3) is 0 Å². The average Bonchev–Trinajstić information content (AvgIpc) is 2.33. The molecule has 0 bridgehead atoms. The molecule has 1 aromatic carbocycles. The monoisotopic (exact) mass is 262 g/mol. The summed E-state index contributed by atoms with van der Waals surface area (Å²) in [6.45, 7) is 7.26. The van der Waals surface area contributed by atoms with E-state index in [4.69, 9.17) is 5.11 Å². The number of nitrogens with one attached hydrogen (secondary N) is 1. The van der Waals surface area contributed by atoms with Crippen molar-refractivity contribution in [2.75, 3.05) is 18.4 Å². The molecule has 0 saturated carbocycles. The Labute approximate surface area is 112 Å². The fraction of sp³-hybridized carbons (Fsp3) is 0.286. The molecule has 0 heterocycles. The number of carbonyl (C=O) groups is 2. The van der Waals surface area contributed by atoms with E-state index in [-0.39, 0.29) is 13.1 Å². The Morgan fingerprint density at radius 3 is 2.58 bits per heavy atom. The van der Waals surface area contributed by atoms with Crippen molar-refractivity contribution in [2.45, 2.75) is 13.8 Å². The van der Waals surface area contributed by atoms with Crippen LogP contribution in [0.2, 0.25) is 0 Å². The van der Waals surface area contributed by atoms with Gasteiger partial charge in [0.2, 0.25) is 0 Å².